The van der Waals surface area contributed by atoms with Crippen molar-refractivity contribution in [2.45, 2.75) is 6.54 Å². The molecule has 33 heavy (non-hydrogen) atoms. The van der Waals surface area contributed by atoms with Gasteiger partial charge in [-0.25, -0.2) is 4.79 Å². The quantitative estimate of drug-likeness (QED) is 0.182. The minimum Gasteiger partial charge on any atom is -0.493 e. The molecule has 1 aliphatic heterocycles. The molecular weight excluding hydrogens is 478 g/mol. The summed E-state index contributed by atoms with van der Waals surface area (Å²) in [6.45, 7) is 0.404. The molecule has 0 atom stereocenters. The molecule has 0 saturated carbocycles. The summed E-state index contributed by atoms with van der Waals surface area (Å²) in [6, 6.07) is 21.5. The fourth-order valence-corrected chi connectivity index (χ4v) is 4.71. The zero-order valence-corrected chi connectivity index (χ0v) is 19.9. The fraction of sp³-hybridized carbons (Fsp3) is 0.0800. The van der Waals surface area contributed by atoms with Gasteiger partial charge in [0.15, 0.2) is 11.5 Å². The zero-order valence-electron chi connectivity index (χ0n) is 17.5. The molecule has 0 spiro atoms. The van der Waals surface area contributed by atoms with E-state index in [2.05, 4.69) is 0 Å². The van der Waals surface area contributed by atoms with Crippen LogP contribution in [0.25, 0.3) is 6.08 Å². The monoisotopic (exact) mass is 495 g/mol. The summed E-state index contributed by atoms with van der Waals surface area (Å²) in [6.07, 6.45) is 1.70. The Kier molecular flexibility index (Phi) is 7.13. The lowest BCUT2D eigenvalue weighted by atomic mass is 10.1. The van der Waals surface area contributed by atoms with Crippen LogP contribution in [0.3, 0.4) is 0 Å². The van der Waals surface area contributed by atoms with Crippen molar-refractivity contribution in [1.82, 2.24) is 4.90 Å². The molecule has 1 heterocycles. The van der Waals surface area contributed by atoms with E-state index in [-0.39, 0.29) is 22.4 Å². The smallest absolute Gasteiger partial charge is 0.343 e. The third kappa shape index (κ3) is 5.27. The Morgan fingerprint density at radius 2 is 1.76 bits per heavy atom. The van der Waals surface area contributed by atoms with Crippen molar-refractivity contribution in [1.29, 1.82) is 0 Å². The van der Waals surface area contributed by atoms with Gasteiger partial charge in [-0.05, 0) is 41.5 Å². The number of hydrogen-bond donors (Lipinski definition) is 0. The van der Waals surface area contributed by atoms with Crippen LogP contribution in [-0.4, -0.2) is 28.2 Å². The molecule has 1 fully saturated rings. The van der Waals surface area contributed by atoms with Crippen molar-refractivity contribution in [2.24, 2.45) is 0 Å². The molecule has 166 valence electrons. The minimum atomic E-state index is -0.551. The van der Waals surface area contributed by atoms with Crippen LogP contribution >= 0.6 is 35.6 Å². The van der Waals surface area contributed by atoms with Gasteiger partial charge in [0, 0.05) is 0 Å². The Morgan fingerprint density at radius 3 is 2.42 bits per heavy atom. The lowest BCUT2D eigenvalue weighted by Gasteiger charge is -2.14. The topological polar surface area (TPSA) is 55.8 Å². The van der Waals surface area contributed by atoms with Crippen LogP contribution in [0.5, 0.6) is 11.5 Å². The number of rotatable bonds is 6. The van der Waals surface area contributed by atoms with Crippen LogP contribution in [0.4, 0.5) is 0 Å². The second-order valence-corrected chi connectivity index (χ2v) is 9.13. The van der Waals surface area contributed by atoms with Gasteiger partial charge in [-0.2, -0.15) is 0 Å². The molecule has 0 radical (unpaired) electrons. The van der Waals surface area contributed by atoms with Crippen molar-refractivity contribution in [2.75, 3.05) is 7.11 Å². The Bertz CT molecular complexity index is 1250. The third-order valence-corrected chi connectivity index (χ3v) is 6.47. The molecule has 0 aromatic heterocycles. The van der Waals surface area contributed by atoms with Gasteiger partial charge in [0.05, 0.1) is 29.1 Å². The van der Waals surface area contributed by atoms with Gasteiger partial charge in [-0.3, -0.25) is 9.69 Å². The van der Waals surface area contributed by atoms with E-state index in [4.69, 9.17) is 33.3 Å². The number of carbonyl (C=O) groups excluding carboxylic acids is 2. The number of thioether (sulfide) groups is 1. The number of thiocarbonyl (C=S) groups is 1. The van der Waals surface area contributed by atoms with Crippen LogP contribution in [0, 0.1) is 0 Å². The maximum absolute atomic E-state index is 12.9. The van der Waals surface area contributed by atoms with E-state index in [1.807, 2.05) is 36.4 Å². The SMILES string of the molecule is COc1cc(/C=C2\SC(=S)N(Cc3ccccc3)C2=O)cc(Cl)c1OC(=O)c1ccccc1. The Morgan fingerprint density at radius 1 is 1.09 bits per heavy atom. The van der Waals surface area contributed by atoms with Gasteiger partial charge in [0.25, 0.3) is 5.91 Å². The van der Waals surface area contributed by atoms with E-state index in [1.54, 1.807) is 47.4 Å². The normalized spacial score (nSPS) is 14.6. The number of methoxy groups -OCH3 is 1. The summed E-state index contributed by atoms with van der Waals surface area (Å²) in [4.78, 5) is 27.4. The van der Waals surface area contributed by atoms with Gasteiger partial charge in [-0.1, -0.05) is 84.1 Å². The van der Waals surface area contributed by atoms with E-state index in [1.165, 1.54) is 18.9 Å². The maximum atomic E-state index is 12.9. The average molecular weight is 496 g/mol. The van der Waals surface area contributed by atoms with E-state index >= 15 is 0 Å². The molecule has 8 heteroatoms. The number of halogens is 1. The standard InChI is InChI=1S/C25H18ClNO4S2/c1-30-20-13-17(12-19(26)22(20)31-24(29)18-10-6-3-7-11-18)14-21-23(28)27(25(32)33-21)15-16-8-4-2-5-9-16/h2-14H,15H2,1H3/b21-14-. The molecule has 0 unspecified atom stereocenters. The van der Waals surface area contributed by atoms with Crippen LogP contribution in [-0.2, 0) is 11.3 Å². The summed E-state index contributed by atoms with van der Waals surface area (Å²) in [5.41, 5.74) is 2.00. The number of ether oxygens (including phenoxy) is 2. The predicted octanol–water partition coefficient (Wildman–Crippen LogP) is 5.97. The molecule has 1 aliphatic rings. The van der Waals surface area contributed by atoms with Crippen molar-refractivity contribution in [3.63, 3.8) is 0 Å². The third-order valence-electron chi connectivity index (χ3n) is 4.81. The lowest BCUT2D eigenvalue weighted by Crippen LogP contribution is -2.27. The van der Waals surface area contributed by atoms with E-state index in [9.17, 15) is 9.59 Å². The summed E-state index contributed by atoms with van der Waals surface area (Å²) in [5.74, 6) is -0.339. The first-order valence-corrected chi connectivity index (χ1v) is 11.5. The van der Waals surface area contributed by atoms with Gasteiger partial charge < -0.3 is 9.47 Å². The highest BCUT2D eigenvalue weighted by atomic mass is 35.5. The highest BCUT2D eigenvalue weighted by molar-refractivity contribution is 8.26. The van der Waals surface area contributed by atoms with E-state index in [0.29, 0.717) is 26.9 Å². The van der Waals surface area contributed by atoms with Gasteiger partial charge in [0.1, 0.15) is 4.32 Å². The van der Waals surface area contributed by atoms with E-state index < -0.39 is 5.97 Å². The molecule has 1 amide bonds. The van der Waals surface area contributed by atoms with Crippen molar-refractivity contribution < 1.29 is 19.1 Å². The second-order valence-electron chi connectivity index (χ2n) is 7.04. The summed E-state index contributed by atoms with van der Waals surface area (Å²) < 4.78 is 11.4. The van der Waals surface area contributed by atoms with Crippen LogP contribution in [0.1, 0.15) is 21.5 Å². The largest absolute Gasteiger partial charge is 0.493 e. The number of hydrogen-bond acceptors (Lipinski definition) is 6. The van der Waals surface area contributed by atoms with Crippen molar-refractivity contribution in [3.8, 4) is 11.5 Å². The average Bonchev–Trinajstić information content (AvgIpc) is 3.09. The van der Waals surface area contributed by atoms with Gasteiger partial charge in [-0.15, -0.1) is 0 Å². The molecule has 0 aliphatic carbocycles. The number of esters is 1. The fourth-order valence-electron chi connectivity index (χ4n) is 3.20. The number of carbonyl (C=O) groups is 2. The molecular formula is C25H18ClNO4S2. The summed E-state index contributed by atoms with van der Waals surface area (Å²) in [5, 5.41) is 0.185. The minimum absolute atomic E-state index is 0.113. The first kappa shape index (κ1) is 23.0. The first-order valence-electron chi connectivity index (χ1n) is 9.90. The highest BCUT2D eigenvalue weighted by Crippen LogP contribution is 2.39. The summed E-state index contributed by atoms with van der Waals surface area (Å²) in [7, 11) is 1.45. The molecule has 4 rings (SSSR count). The number of benzene rings is 3. The van der Waals surface area contributed by atoms with Crippen LogP contribution in [0.2, 0.25) is 5.02 Å². The zero-order chi connectivity index (χ0) is 23.4. The van der Waals surface area contributed by atoms with Crippen LogP contribution < -0.4 is 9.47 Å². The summed E-state index contributed by atoms with van der Waals surface area (Å²) >= 11 is 13.1. The van der Waals surface area contributed by atoms with Crippen molar-refractivity contribution >= 4 is 57.9 Å². The van der Waals surface area contributed by atoms with Crippen molar-refractivity contribution in [3.05, 3.63) is 99.4 Å². The lowest BCUT2D eigenvalue weighted by molar-refractivity contribution is -0.122. The molecule has 3 aromatic rings. The Hall–Kier alpha value is -3.13. The molecule has 0 N–H and O–H groups in total. The molecule has 1 saturated heterocycles. The predicted molar refractivity (Wildman–Crippen MR) is 135 cm³/mol. The highest BCUT2D eigenvalue weighted by Gasteiger charge is 2.32. The maximum Gasteiger partial charge on any atom is 0.343 e. The van der Waals surface area contributed by atoms with Gasteiger partial charge in [0.2, 0.25) is 0 Å². The first-order chi connectivity index (χ1) is 16.0. The van der Waals surface area contributed by atoms with E-state index in [0.717, 1.165) is 5.56 Å². The Balaban J connectivity index is 1.57. The number of nitrogens with zero attached hydrogens (tertiary/aromatic N) is 1. The molecule has 0 bridgehead atoms. The second kappa shape index (κ2) is 10.2. The Labute approximate surface area is 205 Å². The van der Waals surface area contributed by atoms with Gasteiger partial charge >= 0.3 is 5.97 Å². The molecule has 5 nitrogen and oxygen atoms in total. The number of amides is 1. The molecule has 3 aromatic carbocycles. The van der Waals surface area contributed by atoms with Crippen LogP contribution in [0.15, 0.2) is 77.7 Å².